The van der Waals surface area contributed by atoms with E-state index < -0.39 is 28.8 Å². The van der Waals surface area contributed by atoms with Crippen molar-refractivity contribution in [2.45, 2.75) is 6.18 Å². The first kappa shape index (κ1) is 13.5. The Hall–Kier alpha value is -1.55. The van der Waals surface area contributed by atoms with Crippen LogP contribution in [0.2, 0.25) is 0 Å². The summed E-state index contributed by atoms with van der Waals surface area (Å²) in [4.78, 5) is 11.3. The molecule has 0 aliphatic carbocycles. The second kappa shape index (κ2) is 4.75. The summed E-state index contributed by atoms with van der Waals surface area (Å²) < 4.78 is 42.4. The van der Waals surface area contributed by atoms with E-state index in [9.17, 15) is 18.0 Å². The predicted molar refractivity (Wildman–Crippen MR) is 55.2 cm³/mol. The van der Waals surface area contributed by atoms with Crippen molar-refractivity contribution in [1.82, 2.24) is 0 Å². The lowest BCUT2D eigenvalue weighted by Crippen LogP contribution is -2.16. The highest BCUT2D eigenvalue weighted by atomic mass is 79.9. The van der Waals surface area contributed by atoms with Gasteiger partial charge in [-0.15, -0.1) is 0 Å². The van der Waals surface area contributed by atoms with E-state index in [1.807, 2.05) is 0 Å². The molecule has 0 aliphatic heterocycles. The molecule has 7 heteroatoms. The number of carbonyl (C=O) groups excluding carboxylic acids is 1. The number of halogens is 4. The second-order valence-corrected chi connectivity index (χ2v) is 3.89. The highest BCUT2D eigenvalue weighted by molar-refractivity contribution is 9.10. The monoisotopic (exact) mass is 307 g/mol. The Labute approximate surface area is 103 Å². The van der Waals surface area contributed by atoms with E-state index in [1.54, 1.807) is 0 Å². The average Bonchev–Trinajstić information content (AvgIpc) is 2.25. The van der Waals surface area contributed by atoms with E-state index in [2.05, 4.69) is 20.7 Å². The number of hydrogen-bond acceptors (Lipinski definition) is 3. The third kappa shape index (κ3) is 2.77. The minimum atomic E-state index is -4.74. The third-order valence-corrected chi connectivity index (χ3v) is 2.38. The van der Waals surface area contributed by atoms with Gasteiger partial charge in [0, 0.05) is 4.47 Å². The minimum absolute atomic E-state index is 0.0639. The molecule has 1 rings (SSSR count). The van der Waals surface area contributed by atoms with Crippen LogP contribution >= 0.6 is 15.9 Å². The van der Waals surface area contributed by atoms with Gasteiger partial charge in [-0.1, -0.05) is 15.9 Å². The highest BCUT2D eigenvalue weighted by Crippen LogP contribution is 2.35. The predicted octanol–water partition coefficient (Wildman–Crippen LogP) is 3.13. The molecule has 0 aromatic heterocycles. The van der Waals surface area contributed by atoms with Gasteiger partial charge >= 0.3 is 12.1 Å². The van der Waals surface area contributed by atoms with Crippen LogP contribution in [0.5, 0.6) is 0 Å². The van der Waals surface area contributed by atoms with Crippen LogP contribution in [0.4, 0.5) is 13.2 Å². The number of benzene rings is 1. The normalized spacial score (nSPS) is 10.8. The van der Waals surface area contributed by atoms with Crippen LogP contribution in [0, 0.1) is 11.3 Å². The van der Waals surface area contributed by atoms with Crippen LogP contribution in [0.25, 0.3) is 0 Å². The molecule has 3 nitrogen and oxygen atoms in total. The molecule has 0 spiro atoms. The molecule has 0 unspecified atom stereocenters. The fourth-order valence-electron chi connectivity index (χ4n) is 1.24. The first-order valence-electron chi connectivity index (χ1n) is 4.20. The molecule has 0 radical (unpaired) electrons. The number of rotatable bonds is 1. The molecular formula is C10H5BrF3NO2. The van der Waals surface area contributed by atoms with E-state index in [0.29, 0.717) is 0 Å². The van der Waals surface area contributed by atoms with Gasteiger partial charge in [0.25, 0.3) is 0 Å². The van der Waals surface area contributed by atoms with Gasteiger partial charge in [0.1, 0.15) is 6.07 Å². The quantitative estimate of drug-likeness (QED) is 0.749. The SMILES string of the molecule is COC(=O)c1c(C#N)cc(Br)cc1C(F)(F)F. The van der Waals surface area contributed by atoms with Crippen molar-refractivity contribution < 1.29 is 22.7 Å². The topological polar surface area (TPSA) is 50.1 Å². The van der Waals surface area contributed by atoms with E-state index in [1.165, 1.54) is 6.07 Å². The van der Waals surface area contributed by atoms with E-state index >= 15 is 0 Å². The Balaban J connectivity index is 3.63. The van der Waals surface area contributed by atoms with Crippen LogP contribution in [-0.4, -0.2) is 13.1 Å². The summed E-state index contributed by atoms with van der Waals surface area (Å²) in [5.74, 6) is -1.19. The van der Waals surface area contributed by atoms with Crippen molar-refractivity contribution in [3.05, 3.63) is 33.3 Å². The maximum absolute atomic E-state index is 12.7. The molecule has 0 aliphatic rings. The lowest BCUT2D eigenvalue weighted by Gasteiger charge is -2.13. The second-order valence-electron chi connectivity index (χ2n) is 2.98. The lowest BCUT2D eigenvalue weighted by atomic mass is 10.0. The van der Waals surface area contributed by atoms with Crippen molar-refractivity contribution >= 4 is 21.9 Å². The van der Waals surface area contributed by atoms with Gasteiger partial charge in [0.05, 0.1) is 23.8 Å². The zero-order chi connectivity index (χ0) is 13.2. The van der Waals surface area contributed by atoms with Gasteiger partial charge in [-0.05, 0) is 12.1 Å². The maximum Gasteiger partial charge on any atom is 0.417 e. The molecular weight excluding hydrogens is 303 g/mol. The minimum Gasteiger partial charge on any atom is -0.465 e. The first-order chi connectivity index (χ1) is 7.81. The van der Waals surface area contributed by atoms with Gasteiger partial charge in [0.15, 0.2) is 0 Å². The van der Waals surface area contributed by atoms with Crippen molar-refractivity contribution in [2.24, 2.45) is 0 Å². The zero-order valence-electron chi connectivity index (χ0n) is 8.43. The van der Waals surface area contributed by atoms with Crippen LogP contribution in [0.3, 0.4) is 0 Å². The molecule has 0 fully saturated rings. The molecule has 0 atom stereocenters. The summed E-state index contributed by atoms with van der Waals surface area (Å²) in [5, 5.41) is 8.73. The highest BCUT2D eigenvalue weighted by Gasteiger charge is 2.37. The maximum atomic E-state index is 12.7. The van der Waals surface area contributed by atoms with Crippen molar-refractivity contribution in [3.8, 4) is 6.07 Å². The summed E-state index contributed by atoms with van der Waals surface area (Å²) >= 11 is 2.85. The van der Waals surface area contributed by atoms with Crippen molar-refractivity contribution in [2.75, 3.05) is 7.11 Å². The zero-order valence-corrected chi connectivity index (χ0v) is 10.0. The molecule has 1 aromatic carbocycles. The molecule has 0 saturated heterocycles. The van der Waals surface area contributed by atoms with Gasteiger partial charge in [-0.2, -0.15) is 18.4 Å². The third-order valence-electron chi connectivity index (χ3n) is 1.92. The number of esters is 1. The molecule has 90 valence electrons. The summed E-state index contributed by atoms with van der Waals surface area (Å²) in [6.45, 7) is 0. The molecule has 17 heavy (non-hydrogen) atoms. The number of ether oxygens (including phenoxy) is 1. The number of alkyl halides is 3. The summed E-state index contributed by atoms with van der Waals surface area (Å²) in [7, 11) is 0.950. The Kier molecular flexibility index (Phi) is 3.78. The molecule has 1 aromatic rings. The summed E-state index contributed by atoms with van der Waals surface area (Å²) in [5.41, 5.74) is -2.36. The van der Waals surface area contributed by atoms with Gasteiger partial charge in [0.2, 0.25) is 0 Å². The van der Waals surface area contributed by atoms with Crippen LogP contribution in [0.1, 0.15) is 21.5 Å². The standard InChI is InChI=1S/C10H5BrF3NO2/c1-17-9(16)8-5(4-15)2-6(11)3-7(8)10(12,13)14/h2-3H,1H3. The molecule has 0 saturated carbocycles. The Morgan fingerprint density at radius 3 is 2.47 bits per heavy atom. The van der Waals surface area contributed by atoms with Gasteiger partial charge in [-0.25, -0.2) is 4.79 Å². The Morgan fingerprint density at radius 1 is 1.47 bits per heavy atom. The number of hydrogen-bond donors (Lipinski definition) is 0. The van der Waals surface area contributed by atoms with Crippen LogP contribution in [-0.2, 0) is 10.9 Å². The number of methoxy groups -OCH3 is 1. The molecule has 0 bridgehead atoms. The lowest BCUT2D eigenvalue weighted by molar-refractivity contribution is -0.138. The smallest absolute Gasteiger partial charge is 0.417 e. The Bertz CT molecular complexity index is 505. The van der Waals surface area contributed by atoms with Gasteiger partial charge in [-0.3, -0.25) is 0 Å². The number of nitrogens with zero attached hydrogens (tertiary/aromatic N) is 1. The molecule has 0 N–H and O–H groups in total. The largest absolute Gasteiger partial charge is 0.465 e. The molecule has 0 amide bonds. The number of carbonyl (C=O) groups is 1. The first-order valence-corrected chi connectivity index (χ1v) is 4.99. The van der Waals surface area contributed by atoms with E-state index in [0.717, 1.165) is 19.2 Å². The Morgan fingerprint density at radius 2 is 2.06 bits per heavy atom. The van der Waals surface area contributed by atoms with E-state index in [-0.39, 0.29) is 4.47 Å². The molecule has 0 heterocycles. The van der Waals surface area contributed by atoms with E-state index in [4.69, 9.17) is 5.26 Å². The fraction of sp³-hybridized carbons (Fsp3) is 0.200. The van der Waals surface area contributed by atoms with Gasteiger partial charge < -0.3 is 4.74 Å². The van der Waals surface area contributed by atoms with Crippen LogP contribution in [0.15, 0.2) is 16.6 Å². The summed E-state index contributed by atoms with van der Waals surface area (Å²) in [6, 6.07) is 3.39. The number of nitriles is 1. The van der Waals surface area contributed by atoms with Crippen LogP contribution < -0.4 is 0 Å². The van der Waals surface area contributed by atoms with Crippen molar-refractivity contribution in [1.29, 1.82) is 5.26 Å². The fourth-order valence-corrected chi connectivity index (χ4v) is 1.70. The average molecular weight is 308 g/mol. The summed E-state index contributed by atoms with van der Waals surface area (Å²) in [6.07, 6.45) is -4.74. The van der Waals surface area contributed by atoms with Crippen molar-refractivity contribution in [3.63, 3.8) is 0 Å².